The van der Waals surface area contributed by atoms with E-state index in [1.807, 2.05) is 0 Å². The van der Waals surface area contributed by atoms with E-state index in [9.17, 15) is 13.2 Å². The molecule has 0 radical (unpaired) electrons. The van der Waals surface area contributed by atoms with Gasteiger partial charge >= 0.3 is 6.18 Å². The van der Waals surface area contributed by atoms with E-state index in [0.29, 0.717) is 12.5 Å². The summed E-state index contributed by atoms with van der Waals surface area (Å²) in [6.07, 6.45) is -1.21. The zero-order valence-electron chi connectivity index (χ0n) is 12.5. The van der Waals surface area contributed by atoms with Crippen molar-refractivity contribution in [1.29, 1.82) is 0 Å². The first-order valence-corrected chi connectivity index (χ1v) is 8.48. The van der Waals surface area contributed by atoms with Crippen molar-refractivity contribution in [3.63, 3.8) is 0 Å². The number of rotatable bonds is 3. The van der Waals surface area contributed by atoms with Crippen molar-refractivity contribution in [2.24, 2.45) is 11.1 Å². The molecule has 0 aliphatic carbocycles. The molecular formula is C16H18BrF3N2O. The molecule has 23 heavy (non-hydrogen) atoms. The molecule has 2 aliphatic rings. The van der Waals surface area contributed by atoms with E-state index in [4.69, 9.17) is 4.84 Å². The van der Waals surface area contributed by atoms with E-state index in [1.54, 1.807) is 12.1 Å². The molecule has 0 spiro atoms. The summed E-state index contributed by atoms with van der Waals surface area (Å²) in [4.78, 5) is 7.70. The third-order valence-electron chi connectivity index (χ3n) is 4.50. The van der Waals surface area contributed by atoms with Gasteiger partial charge in [-0.1, -0.05) is 17.3 Å². The molecule has 2 heterocycles. The average molecular weight is 391 g/mol. The number of alkyl halides is 3. The Labute approximate surface area is 141 Å². The summed E-state index contributed by atoms with van der Waals surface area (Å²) in [5, 5.41) is 3.94. The second-order valence-electron chi connectivity index (χ2n) is 6.12. The smallest absolute Gasteiger partial charge is 0.391 e. The maximum absolute atomic E-state index is 12.6. The number of oxime groups is 1. The van der Waals surface area contributed by atoms with E-state index in [1.165, 1.54) is 0 Å². The molecule has 0 unspecified atom stereocenters. The number of halogens is 4. The van der Waals surface area contributed by atoms with Crippen LogP contribution in [-0.2, 0) is 17.6 Å². The maximum Gasteiger partial charge on any atom is 0.416 e. The summed E-state index contributed by atoms with van der Waals surface area (Å²) in [5.41, 5.74) is 0.323. The van der Waals surface area contributed by atoms with Gasteiger partial charge < -0.3 is 4.84 Å². The lowest BCUT2D eigenvalue weighted by Gasteiger charge is -2.33. The van der Waals surface area contributed by atoms with Gasteiger partial charge in [-0.15, -0.1) is 0 Å². The Morgan fingerprint density at radius 1 is 1.17 bits per heavy atom. The summed E-state index contributed by atoms with van der Waals surface area (Å²) in [6, 6.07) is 5.45. The fourth-order valence-corrected chi connectivity index (χ4v) is 3.56. The third-order valence-corrected chi connectivity index (χ3v) is 4.97. The Balaban J connectivity index is 1.49. The highest BCUT2D eigenvalue weighted by Gasteiger charge is 2.32. The highest BCUT2D eigenvalue weighted by Crippen LogP contribution is 2.31. The minimum Gasteiger partial charge on any atom is -0.391 e. The first-order chi connectivity index (χ1) is 10.9. The second kappa shape index (κ2) is 6.81. The first kappa shape index (κ1) is 16.8. The van der Waals surface area contributed by atoms with Gasteiger partial charge in [0.25, 0.3) is 0 Å². The molecule has 1 atom stereocenters. The number of likely N-dealkylation sites (tertiary alicyclic amines) is 1. The van der Waals surface area contributed by atoms with Gasteiger partial charge in [0, 0.05) is 18.9 Å². The average Bonchev–Trinajstić information content (AvgIpc) is 2.94. The minimum absolute atomic E-state index is 0.164. The molecule has 1 saturated heterocycles. The highest BCUT2D eigenvalue weighted by atomic mass is 79.9. The first-order valence-electron chi connectivity index (χ1n) is 7.68. The van der Waals surface area contributed by atoms with Crippen LogP contribution in [0.3, 0.4) is 0 Å². The van der Waals surface area contributed by atoms with Crippen LogP contribution in [0.4, 0.5) is 13.2 Å². The Bertz CT molecular complexity index is 566. The lowest BCUT2D eigenvalue weighted by atomic mass is 9.90. The summed E-state index contributed by atoms with van der Waals surface area (Å²) in [6.45, 7) is 2.56. The molecule has 0 saturated carbocycles. The van der Waals surface area contributed by atoms with Crippen LogP contribution in [0.2, 0.25) is 0 Å². The number of hydrogen-bond acceptors (Lipinski definition) is 3. The number of benzene rings is 1. The molecule has 7 heteroatoms. The Morgan fingerprint density at radius 2 is 1.83 bits per heavy atom. The van der Waals surface area contributed by atoms with Crippen LogP contribution in [0.15, 0.2) is 29.4 Å². The fourth-order valence-electron chi connectivity index (χ4n) is 3.16. The summed E-state index contributed by atoms with van der Waals surface area (Å²) < 4.78 is 38.6. The van der Waals surface area contributed by atoms with Crippen molar-refractivity contribution in [3.05, 3.63) is 35.4 Å². The quantitative estimate of drug-likeness (QED) is 0.763. The van der Waals surface area contributed by atoms with Crippen LogP contribution in [0, 0.1) is 5.92 Å². The van der Waals surface area contributed by atoms with E-state index in [0.717, 1.165) is 54.7 Å². The molecule has 0 bridgehead atoms. The van der Waals surface area contributed by atoms with E-state index in [-0.39, 0.29) is 6.10 Å². The predicted molar refractivity (Wildman–Crippen MR) is 85.3 cm³/mol. The normalized spacial score (nSPS) is 23.7. The lowest BCUT2D eigenvalue weighted by Crippen LogP contribution is -2.37. The molecule has 0 N–H and O–H groups in total. The van der Waals surface area contributed by atoms with Crippen molar-refractivity contribution < 1.29 is 18.0 Å². The van der Waals surface area contributed by atoms with Gasteiger partial charge in [0.05, 0.1) is 5.56 Å². The van der Waals surface area contributed by atoms with E-state index in [2.05, 4.69) is 26.0 Å². The van der Waals surface area contributed by atoms with Crippen LogP contribution >= 0.6 is 15.9 Å². The van der Waals surface area contributed by atoms with Crippen molar-refractivity contribution in [1.82, 2.24) is 4.90 Å². The van der Waals surface area contributed by atoms with Crippen LogP contribution in [-0.4, -0.2) is 28.7 Å². The zero-order valence-corrected chi connectivity index (χ0v) is 14.1. The van der Waals surface area contributed by atoms with Gasteiger partial charge in [-0.2, -0.15) is 13.2 Å². The van der Waals surface area contributed by atoms with Crippen molar-refractivity contribution >= 4 is 20.6 Å². The fraction of sp³-hybridized carbons (Fsp3) is 0.562. The molecule has 1 aromatic carbocycles. The molecule has 3 nitrogen and oxygen atoms in total. The molecular weight excluding hydrogens is 373 g/mol. The Hall–Kier alpha value is -1.08. The number of nitrogens with zero attached hydrogens (tertiary/aromatic N) is 2. The second-order valence-corrected chi connectivity index (χ2v) is 7.04. The predicted octanol–water partition coefficient (Wildman–Crippen LogP) is 4.41. The lowest BCUT2D eigenvalue weighted by molar-refractivity contribution is -0.137. The SMILES string of the molecule is FC(F)(F)c1ccc(CN2CCC([C@@H]3CC(Br)=NO3)CC2)cc1. The highest BCUT2D eigenvalue weighted by molar-refractivity contribution is 9.18. The topological polar surface area (TPSA) is 24.8 Å². The van der Waals surface area contributed by atoms with Crippen LogP contribution in [0.25, 0.3) is 0 Å². The zero-order chi connectivity index (χ0) is 16.4. The standard InChI is InChI=1S/C16H18BrF3N2O/c17-15-9-14(23-21-15)12-5-7-22(8-6-12)10-11-1-3-13(4-2-11)16(18,19)20/h1-4,12,14H,5-10H2/t14-/m0/s1. The molecule has 126 valence electrons. The van der Waals surface area contributed by atoms with E-state index < -0.39 is 11.7 Å². The van der Waals surface area contributed by atoms with Crippen LogP contribution in [0.5, 0.6) is 0 Å². The summed E-state index contributed by atoms with van der Waals surface area (Å²) in [7, 11) is 0. The molecule has 1 aromatic rings. The molecule has 2 aliphatic heterocycles. The Kier molecular flexibility index (Phi) is 4.96. The molecule has 0 amide bonds. The Morgan fingerprint density at radius 3 is 2.35 bits per heavy atom. The maximum atomic E-state index is 12.6. The van der Waals surface area contributed by atoms with Gasteiger partial charge in [-0.25, -0.2) is 0 Å². The van der Waals surface area contributed by atoms with Crippen LogP contribution < -0.4 is 0 Å². The van der Waals surface area contributed by atoms with E-state index >= 15 is 0 Å². The number of piperidine rings is 1. The molecule has 0 aromatic heterocycles. The van der Waals surface area contributed by atoms with Gasteiger partial charge in [0.15, 0.2) is 0 Å². The molecule has 3 rings (SSSR count). The van der Waals surface area contributed by atoms with Gasteiger partial charge in [-0.3, -0.25) is 4.90 Å². The molecule has 1 fully saturated rings. The largest absolute Gasteiger partial charge is 0.416 e. The van der Waals surface area contributed by atoms with Gasteiger partial charge in [0.1, 0.15) is 10.7 Å². The van der Waals surface area contributed by atoms with Crippen LogP contribution in [0.1, 0.15) is 30.4 Å². The third kappa shape index (κ3) is 4.26. The van der Waals surface area contributed by atoms with Gasteiger partial charge in [0.2, 0.25) is 0 Å². The van der Waals surface area contributed by atoms with Crippen molar-refractivity contribution in [2.75, 3.05) is 13.1 Å². The summed E-state index contributed by atoms with van der Waals surface area (Å²) in [5.74, 6) is 0.498. The monoisotopic (exact) mass is 390 g/mol. The summed E-state index contributed by atoms with van der Waals surface area (Å²) >= 11 is 3.36. The van der Waals surface area contributed by atoms with Crippen molar-refractivity contribution in [2.45, 2.75) is 38.1 Å². The number of hydrogen-bond donors (Lipinski definition) is 0. The van der Waals surface area contributed by atoms with Crippen molar-refractivity contribution in [3.8, 4) is 0 Å². The minimum atomic E-state index is -4.27. The van der Waals surface area contributed by atoms with Gasteiger partial charge in [-0.05, 0) is 59.6 Å².